The third kappa shape index (κ3) is 4.57. The first kappa shape index (κ1) is 15.0. The van der Waals surface area contributed by atoms with Crippen molar-refractivity contribution in [2.75, 3.05) is 12.4 Å². The summed E-state index contributed by atoms with van der Waals surface area (Å²) >= 11 is 5.04. The van der Waals surface area contributed by atoms with E-state index >= 15 is 0 Å². The number of hydrogen-bond acceptors (Lipinski definition) is 2. The van der Waals surface area contributed by atoms with Crippen molar-refractivity contribution in [3.63, 3.8) is 0 Å². The molecule has 3 N–H and O–H groups in total. The second kappa shape index (κ2) is 7.40. The van der Waals surface area contributed by atoms with Gasteiger partial charge in [-0.1, -0.05) is 36.4 Å². The smallest absolute Gasteiger partial charge is 0.251 e. The van der Waals surface area contributed by atoms with Crippen LogP contribution in [0.2, 0.25) is 0 Å². The van der Waals surface area contributed by atoms with Gasteiger partial charge in [0.2, 0.25) is 0 Å². The van der Waals surface area contributed by atoms with Crippen LogP contribution < -0.4 is 16.0 Å². The summed E-state index contributed by atoms with van der Waals surface area (Å²) in [5.41, 5.74) is 2.44. The minimum Gasteiger partial charge on any atom is -0.366 e. The van der Waals surface area contributed by atoms with Crippen molar-refractivity contribution in [1.82, 2.24) is 10.6 Å². The summed E-state index contributed by atoms with van der Waals surface area (Å²) in [5, 5.41) is 9.24. The number of rotatable bonds is 4. The summed E-state index contributed by atoms with van der Waals surface area (Å²) in [6, 6.07) is 17.0. The van der Waals surface area contributed by atoms with Crippen LogP contribution in [0.5, 0.6) is 0 Å². The molecule has 0 atom stereocenters. The van der Waals surface area contributed by atoms with Gasteiger partial charge in [-0.15, -0.1) is 0 Å². The topological polar surface area (TPSA) is 53.2 Å². The maximum Gasteiger partial charge on any atom is 0.251 e. The number of carbonyl (C=O) groups excluding carboxylic acids is 1. The van der Waals surface area contributed by atoms with Gasteiger partial charge in [0.25, 0.3) is 5.91 Å². The van der Waals surface area contributed by atoms with Crippen molar-refractivity contribution in [3.8, 4) is 0 Å². The molecule has 0 saturated heterocycles. The number of amides is 1. The number of carbonyl (C=O) groups is 1. The van der Waals surface area contributed by atoms with Gasteiger partial charge in [0, 0.05) is 24.8 Å². The van der Waals surface area contributed by atoms with E-state index in [-0.39, 0.29) is 5.91 Å². The quantitative estimate of drug-likeness (QED) is 0.759. The second-order valence-corrected chi connectivity index (χ2v) is 4.86. The van der Waals surface area contributed by atoms with Gasteiger partial charge in [0.05, 0.1) is 0 Å². The van der Waals surface area contributed by atoms with Crippen molar-refractivity contribution in [2.24, 2.45) is 0 Å². The molecule has 0 spiro atoms. The molecule has 0 aliphatic rings. The summed E-state index contributed by atoms with van der Waals surface area (Å²) in [6.45, 7) is 0.506. The van der Waals surface area contributed by atoms with E-state index in [1.165, 1.54) is 0 Å². The van der Waals surface area contributed by atoms with E-state index in [9.17, 15) is 4.79 Å². The lowest BCUT2D eigenvalue weighted by Crippen LogP contribution is -2.25. The van der Waals surface area contributed by atoms with Crippen molar-refractivity contribution < 1.29 is 4.79 Å². The lowest BCUT2D eigenvalue weighted by Gasteiger charge is -2.09. The van der Waals surface area contributed by atoms with Crippen molar-refractivity contribution in [2.45, 2.75) is 6.54 Å². The Kier molecular flexibility index (Phi) is 5.29. The average Bonchev–Trinajstić information content (AvgIpc) is 2.53. The lowest BCUT2D eigenvalue weighted by atomic mass is 10.1. The molecule has 0 bridgehead atoms. The molecule has 5 heteroatoms. The molecule has 21 heavy (non-hydrogen) atoms. The fourth-order valence-electron chi connectivity index (χ4n) is 1.81. The van der Waals surface area contributed by atoms with Crippen LogP contribution in [0.15, 0.2) is 54.6 Å². The lowest BCUT2D eigenvalue weighted by molar-refractivity contribution is 0.0951. The Morgan fingerprint density at radius 3 is 2.57 bits per heavy atom. The van der Waals surface area contributed by atoms with Crippen molar-refractivity contribution in [3.05, 3.63) is 65.7 Å². The van der Waals surface area contributed by atoms with Crippen LogP contribution >= 0.6 is 12.2 Å². The third-order valence-electron chi connectivity index (χ3n) is 2.91. The Morgan fingerprint density at radius 1 is 1.10 bits per heavy atom. The monoisotopic (exact) mass is 299 g/mol. The maximum absolute atomic E-state index is 12.1. The van der Waals surface area contributed by atoms with Crippen LogP contribution in [0.3, 0.4) is 0 Å². The molecule has 0 aliphatic carbocycles. The SMILES string of the molecule is CNC(=S)Nc1cccc(C(=O)NCc2ccccc2)c1. The minimum absolute atomic E-state index is 0.113. The largest absolute Gasteiger partial charge is 0.366 e. The van der Waals surface area contributed by atoms with Gasteiger partial charge in [0.1, 0.15) is 0 Å². The Bertz CT molecular complexity index is 628. The molecule has 0 heterocycles. The van der Waals surface area contributed by atoms with E-state index in [1.54, 1.807) is 19.2 Å². The van der Waals surface area contributed by atoms with Crippen LogP contribution in [0, 0.1) is 0 Å². The highest BCUT2D eigenvalue weighted by Crippen LogP contribution is 2.11. The number of benzene rings is 2. The first-order chi connectivity index (χ1) is 10.2. The number of anilines is 1. The Labute approximate surface area is 129 Å². The summed E-state index contributed by atoms with van der Waals surface area (Å²) in [6.07, 6.45) is 0. The minimum atomic E-state index is -0.113. The molecular formula is C16H17N3OS. The highest BCUT2D eigenvalue weighted by Gasteiger charge is 2.06. The van der Waals surface area contributed by atoms with Gasteiger partial charge in [0.15, 0.2) is 5.11 Å². The van der Waals surface area contributed by atoms with Crippen LogP contribution in [0.1, 0.15) is 15.9 Å². The second-order valence-electron chi connectivity index (χ2n) is 4.45. The van der Waals surface area contributed by atoms with Gasteiger partial charge in [-0.3, -0.25) is 4.79 Å². The molecule has 0 fully saturated rings. The molecule has 108 valence electrons. The number of thiocarbonyl (C=S) groups is 1. The summed E-state index contributed by atoms with van der Waals surface area (Å²) in [4.78, 5) is 12.1. The molecule has 2 aromatic rings. The molecule has 0 unspecified atom stereocenters. The van der Waals surface area contributed by atoms with E-state index in [2.05, 4.69) is 16.0 Å². The molecule has 0 aromatic heterocycles. The van der Waals surface area contributed by atoms with Gasteiger partial charge >= 0.3 is 0 Å². The predicted octanol–water partition coefficient (Wildman–Crippen LogP) is 2.53. The Hall–Kier alpha value is -2.40. The molecular weight excluding hydrogens is 282 g/mol. The molecule has 2 aromatic carbocycles. The van der Waals surface area contributed by atoms with Crippen LogP contribution in [-0.4, -0.2) is 18.1 Å². The zero-order chi connectivity index (χ0) is 15.1. The van der Waals surface area contributed by atoms with Gasteiger partial charge in [-0.25, -0.2) is 0 Å². The van der Waals surface area contributed by atoms with E-state index < -0.39 is 0 Å². The van der Waals surface area contributed by atoms with E-state index in [1.807, 2.05) is 42.5 Å². The fourth-order valence-corrected chi connectivity index (χ4v) is 1.93. The standard InChI is InChI=1S/C16H17N3OS/c1-17-16(21)19-14-9-5-8-13(10-14)15(20)18-11-12-6-3-2-4-7-12/h2-10H,11H2,1H3,(H,18,20)(H2,17,19,21). The van der Waals surface area contributed by atoms with Gasteiger partial charge in [-0.2, -0.15) is 0 Å². The zero-order valence-electron chi connectivity index (χ0n) is 11.7. The first-order valence-electron chi connectivity index (χ1n) is 6.60. The van der Waals surface area contributed by atoms with Crippen LogP contribution in [0.25, 0.3) is 0 Å². The molecule has 1 amide bonds. The summed E-state index contributed by atoms with van der Waals surface area (Å²) in [7, 11) is 1.74. The fraction of sp³-hybridized carbons (Fsp3) is 0.125. The van der Waals surface area contributed by atoms with E-state index in [4.69, 9.17) is 12.2 Å². The van der Waals surface area contributed by atoms with E-state index in [0.29, 0.717) is 17.2 Å². The molecule has 0 saturated carbocycles. The summed E-state index contributed by atoms with van der Waals surface area (Å²) < 4.78 is 0. The maximum atomic E-state index is 12.1. The van der Waals surface area contributed by atoms with Gasteiger partial charge in [-0.05, 0) is 36.0 Å². The number of hydrogen-bond donors (Lipinski definition) is 3. The third-order valence-corrected chi connectivity index (χ3v) is 3.21. The number of nitrogens with one attached hydrogen (secondary N) is 3. The Morgan fingerprint density at radius 2 is 1.86 bits per heavy atom. The van der Waals surface area contributed by atoms with Gasteiger partial charge < -0.3 is 16.0 Å². The van der Waals surface area contributed by atoms with Crippen LogP contribution in [0.4, 0.5) is 5.69 Å². The molecule has 0 aliphatic heterocycles. The normalized spacial score (nSPS) is 9.76. The summed E-state index contributed by atoms with van der Waals surface area (Å²) in [5.74, 6) is -0.113. The van der Waals surface area contributed by atoms with Crippen molar-refractivity contribution in [1.29, 1.82) is 0 Å². The van der Waals surface area contributed by atoms with Crippen molar-refractivity contribution >= 4 is 28.9 Å². The Balaban J connectivity index is 1.99. The highest BCUT2D eigenvalue weighted by molar-refractivity contribution is 7.80. The molecule has 0 radical (unpaired) electrons. The molecule has 4 nitrogen and oxygen atoms in total. The van der Waals surface area contributed by atoms with E-state index in [0.717, 1.165) is 11.3 Å². The average molecular weight is 299 g/mol. The predicted molar refractivity (Wildman–Crippen MR) is 89.3 cm³/mol. The first-order valence-corrected chi connectivity index (χ1v) is 7.01. The highest BCUT2D eigenvalue weighted by atomic mass is 32.1. The molecule has 2 rings (SSSR count). The van der Waals surface area contributed by atoms with Crippen LogP contribution in [-0.2, 0) is 6.54 Å². The zero-order valence-corrected chi connectivity index (χ0v) is 12.5.